The molecule has 0 saturated heterocycles. The van der Waals surface area contributed by atoms with Crippen LogP contribution >= 0.6 is 34.8 Å². The lowest BCUT2D eigenvalue weighted by molar-refractivity contribution is 0.230. The van der Waals surface area contributed by atoms with E-state index in [1.807, 2.05) is 0 Å². The maximum absolute atomic E-state index is 13.8. The van der Waals surface area contributed by atoms with Crippen LogP contribution in [-0.2, 0) is 0 Å². The van der Waals surface area contributed by atoms with Crippen LogP contribution in [0.25, 0.3) is 10.9 Å². The first-order chi connectivity index (χ1) is 12.2. The molecule has 3 rings (SSSR count). The summed E-state index contributed by atoms with van der Waals surface area (Å²) < 4.78 is 20.8. The highest BCUT2D eigenvalue weighted by Crippen LogP contribution is 2.40. The number of hydrogen-bond donors (Lipinski definition) is 2. The monoisotopic (exact) mass is 416 g/mol. The smallest absolute Gasteiger partial charge is 0.323 e. The van der Waals surface area contributed by atoms with Crippen molar-refractivity contribution in [2.45, 2.75) is 13.0 Å². The van der Waals surface area contributed by atoms with Crippen molar-refractivity contribution in [3.05, 3.63) is 51.0 Å². The number of amides is 1. The number of nitrogens with two attached hydrogens (primary N) is 2. The molecule has 0 unspecified atom stereocenters. The number of hydrogen-bond acceptors (Lipinski definition) is 4. The minimum Gasteiger partial charge on any atom is -0.481 e. The lowest BCUT2D eigenvalue weighted by Crippen LogP contribution is -2.18. The minimum absolute atomic E-state index is 0.0110. The molecule has 0 aliphatic rings. The number of rotatable bonds is 3. The van der Waals surface area contributed by atoms with Gasteiger partial charge in [0, 0.05) is 22.2 Å². The fraction of sp³-hybridized carbons (Fsp3) is 0.125. The Morgan fingerprint density at radius 2 is 2.00 bits per heavy atom. The number of aromatic nitrogens is 2. The highest BCUT2D eigenvalue weighted by atomic mass is 35.5. The summed E-state index contributed by atoms with van der Waals surface area (Å²) in [6.45, 7) is 1.62. The van der Waals surface area contributed by atoms with E-state index in [1.165, 1.54) is 12.3 Å². The van der Waals surface area contributed by atoms with Gasteiger partial charge in [-0.15, -0.1) is 0 Å². The van der Waals surface area contributed by atoms with E-state index in [0.717, 1.165) is 10.6 Å². The van der Waals surface area contributed by atoms with Crippen LogP contribution in [0, 0.1) is 5.82 Å². The third-order valence-electron chi connectivity index (χ3n) is 3.80. The van der Waals surface area contributed by atoms with E-state index in [9.17, 15) is 9.18 Å². The fourth-order valence-corrected chi connectivity index (χ4v) is 3.59. The highest BCUT2D eigenvalue weighted by Gasteiger charge is 2.23. The molecule has 0 aliphatic heterocycles. The van der Waals surface area contributed by atoms with Gasteiger partial charge >= 0.3 is 6.03 Å². The van der Waals surface area contributed by atoms with Gasteiger partial charge in [-0.1, -0.05) is 34.8 Å². The quantitative estimate of drug-likeness (QED) is 0.473. The molecule has 0 fully saturated rings. The lowest BCUT2D eigenvalue weighted by atomic mass is 10.1. The maximum atomic E-state index is 13.8. The van der Waals surface area contributed by atoms with Crippen LogP contribution in [0.3, 0.4) is 0 Å². The van der Waals surface area contributed by atoms with E-state index in [4.69, 9.17) is 51.0 Å². The SMILES string of the molecule is C[C@@H](Oc1c(N)nc(Cl)c2c1ccn2C(N)=O)c1c(Cl)ccc(F)c1Cl. The second-order valence-electron chi connectivity index (χ2n) is 5.42. The molecule has 4 N–H and O–H groups in total. The molecule has 3 aromatic rings. The number of benzene rings is 1. The van der Waals surface area contributed by atoms with Crippen molar-refractivity contribution >= 4 is 57.6 Å². The molecule has 1 aromatic carbocycles. The molecule has 6 nitrogen and oxygen atoms in total. The predicted molar refractivity (Wildman–Crippen MR) is 99.6 cm³/mol. The Kier molecular flexibility index (Phi) is 4.88. The average molecular weight is 418 g/mol. The molecule has 2 heterocycles. The Labute approximate surface area is 162 Å². The molecule has 0 saturated carbocycles. The molecule has 0 radical (unpaired) electrons. The minimum atomic E-state index is -0.767. The number of anilines is 1. The van der Waals surface area contributed by atoms with E-state index in [1.54, 1.807) is 13.0 Å². The molecule has 10 heteroatoms. The summed E-state index contributed by atoms with van der Waals surface area (Å²) in [6, 6.07) is 3.34. The van der Waals surface area contributed by atoms with Crippen LogP contribution < -0.4 is 16.2 Å². The summed E-state index contributed by atoms with van der Waals surface area (Å²) in [5, 5.41) is 0.478. The van der Waals surface area contributed by atoms with Gasteiger partial charge in [0.05, 0.1) is 10.5 Å². The van der Waals surface area contributed by atoms with E-state index in [2.05, 4.69) is 4.98 Å². The zero-order valence-electron chi connectivity index (χ0n) is 13.3. The summed E-state index contributed by atoms with van der Waals surface area (Å²) >= 11 is 18.2. The second-order valence-corrected chi connectivity index (χ2v) is 6.56. The van der Waals surface area contributed by atoms with E-state index in [-0.39, 0.29) is 37.8 Å². The first-order valence-electron chi connectivity index (χ1n) is 7.28. The number of ether oxygens (including phenoxy) is 1. The van der Waals surface area contributed by atoms with Crippen molar-refractivity contribution in [3.8, 4) is 5.75 Å². The van der Waals surface area contributed by atoms with Crippen LogP contribution in [0.5, 0.6) is 5.75 Å². The Morgan fingerprint density at radius 3 is 2.65 bits per heavy atom. The van der Waals surface area contributed by atoms with Gasteiger partial charge < -0.3 is 16.2 Å². The van der Waals surface area contributed by atoms with Crippen molar-refractivity contribution < 1.29 is 13.9 Å². The van der Waals surface area contributed by atoms with Gasteiger partial charge in [0.15, 0.2) is 16.7 Å². The van der Waals surface area contributed by atoms with Crippen molar-refractivity contribution in [2.24, 2.45) is 5.73 Å². The lowest BCUT2D eigenvalue weighted by Gasteiger charge is -2.19. The Morgan fingerprint density at radius 1 is 1.31 bits per heavy atom. The molecule has 26 heavy (non-hydrogen) atoms. The number of pyridine rings is 1. The van der Waals surface area contributed by atoms with Gasteiger partial charge in [-0.2, -0.15) is 0 Å². The number of carbonyl (C=O) groups excluding carboxylic acids is 1. The summed E-state index contributed by atoms with van der Waals surface area (Å²) in [5.41, 5.74) is 11.7. The molecule has 136 valence electrons. The summed E-state index contributed by atoms with van der Waals surface area (Å²) in [4.78, 5) is 15.5. The van der Waals surface area contributed by atoms with Gasteiger partial charge in [0.25, 0.3) is 0 Å². The third-order valence-corrected chi connectivity index (χ3v) is 4.77. The highest BCUT2D eigenvalue weighted by molar-refractivity contribution is 6.36. The van der Waals surface area contributed by atoms with Gasteiger partial charge in [-0.05, 0) is 25.1 Å². The fourth-order valence-electron chi connectivity index (χ4n) is 2.63. The van der Waals surface area contributed by atoms with Gasteiger partial charge in [-0.3, -0.25) is 4.57 Å². The molecule has 0 spiro atoms. The molecular weight excluding hydrogens is 406 g/mol. The average Bonchev–Trinajstić information content (AvgIpc) is 3.01. The topological polar surface area (TPSA) is 96.2 Å². The van der Waals surface area contributed by atoms with Crippen molar-refractivity contribution in [2.75, 3.05) is 5.73 Å². The van der Waals surface area contributed by atoms with Crippen LogP contribution in [-0.4, -0.2) is 15.6 Å². The first kappa shape index (κ1) is 18.6. The van der Waals surface area contributed by atoms with Gasteiger partial charge in [0.1, 0.15) is 11.9 Å². The van der Waals surface area contributed by atoms with E-state index < -0.39 is 18.0 Å². The first-order valence-corrected chi connectivity index (χ1v) is 8.41. The van der Waals surface area contributed by atoms with Crippen molar-refractivity contribution in [3.63, 3.8) is 0 Å². The standard InChI is InChI=1S/C16H12Cl3FN4O2/c1-6(10-8(17)2-3-9(20)11(10)18)26-13-7-4-5-24(16(22)25)12(7)14(19)23-15(13)21/h2-6H,1H3,(H2,21,23)(H2,22,25)/t6-/m1/s1. The predicted octanol–water partition coefficient (Wildman–Crippen LogP) is 4.78. The number of primary amides is 1. The van der Waals surface area contributed by atoms with Gasteiger partial charge in [-0.25, -0.2) is 14.2 Å². The summed E-state index contributed by atoms with van der Waals surface area (Å²) in [7, 11) is 0. The largest absolute Gasteiger partial charge is 0.481 e. The molecule has 0 bridgehead atoms. The van der Waals surface area contributed by atoms with Crippen LogP contribution in [0.4, 0.5) is 15.0 Å². The van der Waals surface area contributed by atoms with Crippen LogP contribution in [0.1, 0.15) is 18.6 Å². The maximum Gasteiger partial charge on any atom is 0.323 e. The van der Waals surface area contributed by atoms with Crippen molar-refractivity contribution in [1.82, 2.24) is 9.55 Å². The molecule has 2 aromatic heterocycles. The number of nitrogens with zero attached hydrogens (tertiary/aromatic N) is 2. The van der Waals surface area contributed by atoms with Crippen LogP contribution in [0.2, 0.25) is 15.2 Å². The molecule has 1 amide bonds. The Bertz CT molecular complexity index is 1040. The molecular formula is C16H12Cl3FN4O2. The Hall–Kier alpha value is -2.22. The van der Waals surface area contributed by atoms with Crippen LogP contribution in [0.15, 0.2) is 24.4 Å². The third kappa shape index (κ3) is 3.02. The van der Waals surface area contributed by atoms with Crippen molar-refractivity contribution in [1.29, 1.82) is 0 Å². The van der Waals surface area contributed by atoms with Gasteiger partial charge in [0.2, 0.25) is 0 Å². The summed E-state index contributed by atoms with van der Waals surface area (Å²) in [5.74, 6) is -0.498. The molecule has 0 aliphatic carbocycles. The Balaban J connectivity index is 2.13. The number of fused-ring (bicyclic) bond motifs is 1. The number of nitrogen functional groups attached to an aromatic ring is 1. The second kappa shape index (κ2) is 6.83. The molecule has 1 atom stereocenters. The zero-order valence-corrected chi connectivity index (χ0v) is 15.5. The van der Waals surface area contributed by atoms with E-state index >= 15 is 0 Å². The zero-order chi connectivity index (χ0) is 19.2. The van der Waals surface area contributed by atoms with E-state index in [0.29, 0.717) is 5.39 Å². The number of halogens is 4. The summed E-state index contributed by atoms with van der Waals surface area (Å²) in [6.07, 6.45) is 0.649. The normalized spacial score (nSPS) is 12.3. The number of carbonyl (C=O) groups is 1.